The lowest BCUT2D eigenvalue weighted by Crippen LogP contribution is -2.46. The van der Waals surface area contributed by atoms with E-state index < -0.39 is 11.4 Å². The van der Waals surface area contributed by atoms with Gasteiger partial charge in [0.2, 0.25) is 5.91 Å². The van der Waals surface area contributed by atoms with Crippen LogP contribution in [0.25, 0.3) is 10.9 Å². The van der Waals surface area contributed by atoms with Crippen LogP contribution in [0.1, 0.15) is 13.3 Å². The van der Waals surface area contributed by atoms with Crippen molar-refractivity contribution in [3.8, 4) is 0 Å². The molecular weight excluding hydrogens is 349 g/mol. The van der Waals surface area contributed by atoms with E-state index in [2.05, 4.69) is 27.0 Å². The van der Waals surface area contributed by atoms with E-state index in [1.165, 1.54) is 23.0 Å². The Balaban J connectivity index is 1.45. The lowest BCUT2D eigenvalue weighted by Gasteiger charge is -2.33. The van der Waals surface area contributed by atoms with Crippen molar-refractivity contribution < 1.29 is 9.18 Å². The van der Waals surface area contributed by atoms with Gasteiger partial charge in [-0.25, -0.2) is 9.37 Å². The highest BCUT2D eigenvalue weighted by Gasteiger charge is 2.15. The number of halogens is 1. The third-order valence-electron chi connectivity index (χ3n) is 4.99. The Hall–Kier alpha value is -2.32. The van der Waals surface area contributed by atoms with E-state index in [9.17, 15) is 14.0 Å². The maximum atomic E-state index is 13.3. The SMILES string of the molecule is CCN1CCN(CCCNC(=O)Cn2cnc3ccc(F)cc3c2=O)CC1. The number of piperazine rings is 1. The number of benzene rings is 1. The van der Waals surface area contributed by atoms with Gasteiger partial charge in [-0.15, -0.1) is 0 Å². The second-order valence-corrected chi connectivity index (χ2v) is 6.82. The number of fused-ring (bicyclic) bond motifs is 1. The second kappa shape index (κ2) is 9.05. The van der Waals surface area contributed by atoms with Gasteiger partial charge < -0.3 is 15.1 Å². The van der Waals surface area contributed by atoms with Crippen molar-refractivity contribution in [2.24, 2.45) is 0 Å². The van der Waals surface area contributed by atoms with E-state index in [1.54, 1.807) is 0 Å². The summed E-state index contributed by atoms with van der Waals surface area (Å²) in [5.74, 6) is -0.742. The van der Waals surface area contributed by atoms with Crippen LogP contribution in [0, 0.1) is 5.82 Å². The van der Waals surface area contributed by atoms with Gasteiger partial charge in [0, 0.05) is 32.7 Å². The quantitative estimate of drug-likeness (QED) is 0.721. The first-order valence-corrected chi connectivity index (χ1v) is 9.43. The number of likely N-dealkylation sites (N-methyl/N-ethyl adjacent to an activating group) is 1. The van der Waals surface area contributed by atoms with E-state index in [0.717, 1.165) is 51.8 Å². The average Bonchev–Trinajstić information content (AvgIpc) is 2.68. The van der Waals surface area contributed by atoms with Crippen LogP contribution in [0.3, 0.4) is 0 Å². The molecule has 8 heteroatoms. The summed E-state index contributed by atoms with van der Waals surface area (Å²) in [5, 5.41) is 3.02. The number of hydrogen-bond acceptors (Lipinski definition) is 5. The van der Waals surface area contributed by atoms with E-state index >= 15 is 0 Å². The van der Waals surface area contributed by atoms with Gasteiger partial charge in [0.05, 0.1) is 17.2 Å². The molecule has 3 rings (SSSR count). The molecule has 2 aromatic rings. The number of carbonyl (C=O) groups is 1. The van der Waals surface area contributed by atoms with E-state index in [-0.39, 0.29) is 17.8 Å². The van der Waals surface area contributed by atoms with E-state index in [0.29, 0.717) is 12.1 Å². The van der Waals surface area contributed by atoms with Gasteiger partial charge in [-0.1, -0.05) is 6.92 Å². The third kappa shape index (κ3) is 5.11. The van der Waals surface area contributed by atoms with Crippen molar-refractivity contribution >= 4 is 16.8 Å². The summed E-state index contributed by atoms with van der Waals surface area (Å²) in [7, 11) is 0. The third-order valence-corrected chi connectivity index (χ3v) is 4.99. The molecule has 0 unspecified atom stereocenters. The lowest BCUT2D eigenvalue weighted by atomic mass is 10.2. The molecule has 1 N–H and O–H groups in total. The van der Waals surface area contributed by atoms with E-state index in [1.807, 2.05) is 0 Å². The van der Waals surface area contributed by atoms with E-state index in [4.69, 9.17) is 0 Å². The first-order valence-electron chi connectivity index (χ1n) is 9.43. The molecule has 1 aliphatic rings. The van der Waals surface area contributed by atoms with Crippen molar-refractivity contribution in [3.05, 3.63) is 40.7 Å². The molecule has 1 saturated heterocycles. The molecule has 0 aliphatic carbocycles. The van der Waals surface area contributed by atoms with Gasteiger partial charge in [0.1, 0.15) is 12.4 Å². The molecule has 2 heterocycles. The van der Waals surface area contributed by atoms with Gasteiger partial charge in [0.15, 0.2) is 0 Å². The fourth-order valence-corrected chi connectivity index (χ4v) is 3.31. The Morgan fingerprint density at radius 3 is 2.70 bits per heavy atom. The molecule has 1 fully saturated rings. The first kappa shape index (κ1) is 19.4. The zero-order chi connectivity index (χ0) is 19.2. The zero-order valence-corrected chi connectivity index (χ0v) is 15.7. The summed E-state index contributed by atoms with van der Waals surface area (Å²) in [5.41, 5.74) is 0.00433. The van der Waals surface area contributed by atoms with Gasteiger partial charge in [-0.05, 0) is 37.7 Å². The highest BCUT2D eigenvalue weighted by molar-refractivity contribution is 5.78. The molecule has 0 radical (unpaired) electrons. The molecule has 0 bridgehead atoms. The van der Waals surface area contributed by atoms with Crippen LogP contribution in [0.5, 0.6) is 0 Å². The van der Waals surface area contributed by atoms with Crippen molar-refractivity contribution in [2.45, 2.75) is 19.9 Å². The predicted molar refractivity (Wildman–Crippen MR) is 102 cm³/mol. The molecule has 7 nitrogen and oxygen atoms in total. The fraction of sp³-hybridized carbons (Fsp3) is 0.526. The Kier molecular flexibility index (Phi) is 6.52. The summed E-state index contributed by atoms with van der Waals surface area (Å²) in [4.78, 5) is 33.4. The van der Waals surface area contributed by atoms with Gasteiger partial charge >= 0.3 is 0 Å². The zero-order valence-electron chi connectivity index (χ0n) is 15.7. The van der Waals surface area contributed by atoms with Gasteiger partial charge in [-0.3, -0.25) is 14.2 Å². The minimum Gasteiger partial charge on any atom is -0.354 e. The molecule has 27 heavy (non-hydrogen) atoms. The number of rotatable bonds is 7. The Labute approximate surface area is 157 Å². The number of nitrogens with zero attached hydrogens (tertiary/aromatic N) is 4. The summed E-state index contributed by atoms with van der Waals surface area (Å²) in [6, 6.07) is 3.86. The maximum absolute atomic E-state index is 13.3. The van der Waals surface area contributed by atoms with Crippen LogP contribution in [0.4, 0.5) is 4.39 Å². The lowest BCUT2D eigenvalue weighted by molar-refractivity contribution is -0.121. The molecule has 0 spiro atoms. The molecule has 0 saturated carbocycles. The van der Waals surface area contributed by atoms with Crippen LogP contribution in [-0.2, 0) is 11.3 Å². The predicted octanol–water partition coefficient (Wildman–Crippen LogP) is 0.679. The van der Waals surface area contributed by atoms with Crippen LogP contribution >= 0.6 is 0 Å². The van der Waals surface area contributed by atoms with Crippen molar-refractivity contribution in [2.75, 3.05) is 45.8 Å². The number of carbonyl (C=O) groups excluding carboxylic acids is 1. The Morgan fingerprint density at radius 2 is 1.96 bits per heavy atom. The summed E-state index contributed by atoms with van der Waals surface area (Å²) in [6.07, 6.45) is 2.20. The molecule has 1 aromatic heterocycles. The maximum Gasteiger partial charge on any atom is 0.261 e. The molecule has 1 aliphatic heterocycles. The summed E-state index contributed by atoms with van der Waals surface area (Å²) < 4.78 is 14.6. The van der Waals surface area contributed by atoms with Crippen LogP contribution in [0.15, 0.2) is 29.3 Å². The minimum absolute atomic E-state index is 0.118. The molecule has 0 atom stereocenters. The molecule has 1 amide bonds. The van der Waals surface area contributed by atoms with Crippen LogP contribution in [0.2, 0.25) is 0 Å². The number of aromatic nitrogens is 2. The number of hydrogen-bond donors (Lipinski definition) is 1. The first-order chi connectivity index (χ1) is 13.1. The molecule has 146 valence electrons. The van der Waals surface area contributed by atoms with Gasteiger partial charge in [-0.2, -0.15) is 0 Å². The number of amides is 1. The Bertz CT molecular complexity index is 846. The molecule has 1 aromatic carbocycles. The highest BCUT2D eigenvalue weighted by atomic mass is 19.1. The standard InChI is InChI=1S/C19H26FN5O2/c1-2-23-8-10-24(11-9-23)7-3-6-21-18(26)13-25-14-22-17-5-4-15(20)12-16(17)19(25)27/h4-5,12,14H,2-3,6-11,13H2,1H3,(H,21,26). The minimum atomic E-state index is -0.497. The topological polar surface area (TPSA) is 70.5 Å². The Morgan fingerprint density at radius 1 is 1.22 bits per heavy atom. The average molecular weight is 375 g/mol. The largest absolute Gasteiger partial charge is 0.354 e. The van der Waals surface area contributed by atoms with Crippen molar-refractivity contribution in [1.29, 1.82) is 0 Å². The van der Waals surface area contributed by atoms with Crippen LogP contribution < -0.4 is 10.9 Å². The number of nitrogens with one attached hydrogen (secondary N) is 1. The summed E-state index contributed by atoms with van der Waals surface area (Å²) >= 11 is 0. The van der Waals surface area contributed by atoms with Gasteiger partial charge in [0.25, 0.3) is 5.56 Å². The monoisotopic (exact) mass is 375 g/mol. The summed E-state index contributed by atoms with van der Waals surface area (Å²) in [6.45, 7) is 9.01. The van der Waals surface area contributed by atoms with Crippen molar-refractivity contribution in [1.82, 2.24) is 24.7 Å². The fourth-order valence-electron chi connectivity index (χ4n) is 3.31. The smallest absolute Gasteiger partial charge is 0.261 e. The second-order valence-electron chi connectivity index (χ2n) is 6.82. The highest BCUT2D eigenvalue weighted by Crippen LogP contribution is 2.08. The normalized spacial score (nSPS) is 15.9. The van der Waals surface area contributed by atoms with Crippen LogP contribution in [-0.4, -0.2) is 71.1 Å². The molecular formula is C19H26FN5O2. The van der Waals surface area contributed by atoms with Crippen molar-refractivity contribution in [3.63, 3.8) is 0 Å².